The van der Waals surface area contributed by atoms with Gasteiger partial charge < -0.3 is 19.9 Å². The second kappa shape index (κ2) is 5.39. The van der Waals surface area contributed by atoms with Crippen LogP contribution in [0.2, 0.25) is 0 Å². The molecule has 2 rings (SSSR count). The maximum Gasteiger partial charge on any atom is 0.162 e. The number of para-hydroxylation sites is 2. The molecule has 3 atom stereocenters. The Morgan fingerprint density at radius 3 is 2.37 bits per heavy atom. The van der Waals surface area contributed by atoms with E-state index in [1.807, 2.05) is 31.2 Å². The molecule has 0 bridgehead atoms. The number of hydrogen-bond donors (Lipinski definition) is 2. The predicted octanol–water partition coefficient (Wildman–Crippen LogP) is 1.96. The lowest BCUT2D eigenvalue weighted by Gasteiger charge is -2.35. The van der Waals surface area contributed by atoms with Crippen molar-refractivity contribution in [3.05, 3.63) is 24.3 Å². The Morgan fingerprint density at radius 1 is 1.21 bits per heavy atom. The number of nitrogens with one attached hydrogen (secondary N) is 1. The summed E-state index contributed by atoms with van der Waals surface area (Å²) in [6.07, 6.45) is -1.14. The summed E-state index contributed by atoms with van der Waals surface area (Å²) in [5.41, 5.74) is -0.0301. The van der Waals surface area contributed by atoms with Crippen molar-refractivity contribution in [2.75, 3.05) is 6.54 Å². The fourth-order valence-electron chi connectivity index (χ4n) is 2.07. The van der Waals surface area contributed by atoms with Gasteiger partial charge in [0.2, 0.25) is 0 Å². The van der Waals surface area contributed by atoms with Crippen molar-refractivity contribution in [2.24, 2.45) is 0 Å². The zero-order chi connectivity index (χ0) is 14.0. The quantitative estimate of drug-likeness (QED) is 0.877. The minimum absolute atomic E-state index is 0.0301. The van der Waals surface area contributed by atoms with Crippen LogP contribution in [0.3, 0.4) is 0 Å². The van der Waals surface area contributed by atoms with Gasteiger partial charge in [-0.15, -0.1) is 0 Å². The molecular formula is C15H23NO3. The van der Waals surface area contributed by atoms with Gasteiger partial charge in [0.1, 0.15) is 12.2 Å². The Bertz CT molecular complexity index is 428. The highest BCUT2D eigenvalue weighted by Crippen LogP contribution is 2.34. The summed E-state index contributed by atoms with van der Waals surface area (Å²) >= 11 is 0. The molecule has 0 aliphatic carbocycles. The molecule has 0 unspecified atom stereocenters. The van der Waals surface area contributed by atoms with E-state index in [0.29, 0.717) is 12.3 Å². The Hall–Kier alpha value is -1.26. The van der Waals surface area contributed by atoms with E-state index >= 15 is 0 Å². The van der Waals surface area contributed by atoms with E-state index in [2.05, 4.69) is 26.1 Å². The molecular weight excluding hydrogens is 242 g/mol. The second-order valence-electron chi connectivity index (χ2n) is 6.05. The molecule has 19 heavy (non-hydrogen) atoms. The first-order chi connectivity index (χ1) is 8.87. The van der Waals surface area contributed by atoms with Crippen molar-refractivity contribution in [1.82, 2.24) is 5.32 Å². The van der Waals surface area contributed by atoms with Crippen LogP contribution in [0.4, 0.5) is 0 Å². The first-order valence-electron chi connectivity index (χ1n) is 6.72. The average Bonchev–Trinajstić information content (AvgIpc) is 2.34. The van der Waals surface area contributed by atoms with Gasteiger partial charge in [-0.25, -0.2) is 0 Å². The molecule has 0 amide bonds. The molecule has 4 nitrogen and oxygen atoms in total. The number of fused-ring (bicyclic) bond motifs is 1. The molecule has 0 saturated heterocycles. The number of ether oxygens (including phenoxy) is 2. The van der Waals surface area contributed by atoms with Gasteiger partial charge in [-0.1, -0.05) is 12.1 Å². The van der Waals surface area contributed by atoms with E-state index in [9.17, 15) is 5.11 Å². The van der Waals surface area contributed by atoms with E-state index in [0.717, 1.165) is 5.75 Å². The average molecular weight is 265 g/mol. The molecule has 4 heteroatoms. The molecule has 0 fully saturated rings. The highest BCUT2D eigenvalue weighted by Gasteiger charge is 2.34. The van der Waals surface area contributed by atoms with Gasteiger partial charge in [0, 0.05) is 12.1 Å². The number of rotatable bonds is 3. The summed E-state index contributed by atoms with van der Waals surface area (Å²) in [5, 5.41) is 13.5. The third-order valence-electron chi connectivity index (χ3n) is 3.11. The highest BCUT2D eigenvalue weighted by atomic mass is 16.6. The highest BCUT2D eigenvalue weighted by molar-refractivity contribution is 5.41. The number of hydrogen-bond acceptors (Lipinski definition) is 4. The van der Waals surface area contributed by atoms with E-state index in [1.165, 1.54) is 0 Å². The molecule has 0 saturated carbocycles. The van der Waals surface area contributed by atoms with E-state index < -0.39 is 6.10 Å². The van der Waals surface area contributed by atoms with Crippen LogP contribution in [0.5, 0.6) is 11.5 Å². The fourth-order valence-corrected chi connectivity index (χ4v) is 2.07. The number of aliphatic hydroxyl groups is 1. The third kappa shape index (κ3) is 3.61. The molecule has 1 aliphatic heterocycles. The lowest BCUT2D eigenvalue weighted by atomic mass is 10.0. The van der Waals surface area contributed by atoms with Crippen molar-refractivity contribution in [3.63, 3.8) is 0 Å². The fraction of sp³-hybridized carbons (Fsp3) is 0.600. The molecule has 2 N–H and O–H groups in total. The standard InChI is InChI=1S/C15H23NO3/c1-10-14(11(17)9-16-15(2,3)4)19-13-8-6-5-7-12(13)18-10/h5-8,10-11,14,16-17H,9H2,1-4H3/t10-,11-,14+/m0/s1. The van der Waals surface area contributed by atoms with E-state index in [4.69, 9.17) is 9.47 Å². The Balaban J connectivity index is 2.01. The Kier molecular flexibility index (Phi) is 4.02. The zero-order valence-electron chi connectivity index (χ0n) is 12.0. The second-order valence-corrected chi connectivity index (χ2v) is 6.05. The molecule has 0 spiro atoms. The summed E-state index contributed by atoms with van der Waals surface area (Å²) in [5.74, 6) is 1.43. The van der Waals surface area contributed by atoms with Crippen LogP contribution in [-0.4, -0.2) is 35.5 Å². The monoisotopic (exact) mass is 265 g/mol. The van der Waals surface area contributed by atoms with Gasteiger partial charge in [-0.05, 0) is 39.8 Å². The maximum absolute atomic E-state index is 10.3. The van der Waals surface area contributed by atoms with Crippen molar-refractivity contribution >= 4 is 0 Å². The van der Waals surface area contributed by atoms with Crippen molar-refractivity contribution < 1.29 is 14.6 Å². The smallest absolute Gasteiger partial charge is 0.162 e. The minimum atomic E-state index is -0.609. The van der Waals surface area contributed by atoms with Gasteiger partial charge in [-0.3, -0.25) is 0 Å². The van der Waals surface area contributed by atoms with Gasteiger partial charge in [0.25, 0.3) is 0 Å². The van der Waals surface area contributed by atoms with E-state index in [1.54, 1.807) is 0 Å². The normalized spacial score (nSPS) is 24.1. The lowest BCUT2D eigenvalue weighted by molar-refractivity contribution is -0.0475. The first-order valence-corrected chi connectivity index (χ1v) is 6.72. The minimum Gasteiger partial charge on any atom is -0.483 e. The summed E-state index contributed by atoms with van der Waals surface area (Å²) in [6.45, 7) is 8.59. The zero-order valence-corrected chi connectivity index (χ0v) is 12.0. The Labute approximate surface area is 114 Å². The number of aliphatic hydroxyl groups excluding tert-OH is 1. The van der Waals surface area contributed by atoms with Crippen LogP contribution in [0.25, 0.3) is 0 Å². The third-order valence-corrected chi connectivity index (χ3v) is 3.11. The summed E-state index contributed by atoms with van der Waals surface area (Å²) in [4.78, 5) is 0. The van der Waals surface area contributed by atoms with Crippen LogP contribution in [0, 0.1) is 0 Å². The van der Waals surface area contributed by atoms with Crippen molar-refractivity contribution in [2.45, 2.75) is 51.5 Å². The van der Waals surface area contributed by atoms with Crippen LogP contribution in [-0.2, 0) is 0 Å². The molecule has 0 radical (unpaired) electrons. The molecule has 1 heterocycles. The SMILES string of the molecule is C[C@@H]1Oc2ccccc2O[C@H]1[C@@H](O)CNC(C)(C)C. The lowest BCUT2D eigenvalue weighted by Crippen LogP contribution is -2.52. The van der Waals surface area contributed by atoms with Gasteiger partial charge in [0.15, 0.2) is 17.6 Å². The number of β-amino-alcohol motifs (C(OH)–C–C–N with tert-alkyl or cyclic N) is 1. The van der Waals surface area contributed by atoms with E-state index in [-0.39, 0.29) is 17.7 Å². The van der Waals surface area contributed by atoms with Gasteiger partial charge in [-0.2, -0.15) is 0 Å². The summed E-state index contributed by atoms with van der Waals surface area (Å²) in [7, 11) is 0. The van der Waals surface area contributed by atoms with Crippen molar-refractivity contribution in [1.29, 1.82) is 0 Å². The van der Waals surface area contributed by atoms with Gasteiger partial charge in [0.05, 0.1) is 0 Å². The largest absolute Gasteiger partial charge is 0.483 e. The maximum atomic E-state index is 10.3. The predicted molar refractivity (Wildman–Crippen MR) is 74.7 cm³/mol. The molecule has 1 aromatic carbocycles. The van der Waals surface area contributed by atoms with Crippen molar-refractivity contribution in [3.8, 4) is 11.5 Å². The van der Waals surface area contributed by atoms with Crippen LogP contribution in [0.1, 0.15) is 27.7 Å². The van der Waals surface area contributed by atoms with Crippen LogP contribution >= 0.6 is 0 Å². The number of benzene rings is 1. The van der Waals surface area contributed by atoms with Gasteiger partial charge >= 0.3 is 0 Å². The molecule has 1 aromatic rings. The molecule has 106 valence electrons. The van der Waals surface area contributed by atoms with Crippen LogP contribution < -0.4 is 14.8 Å². The summed E-state index contributed by atoms with van der Waals surface area (Å²) < 4.78 is 11.6. The molecule has 1 aliphatic rings. The topological polar surface area (TPSA) is 50.7 Å². The van der Waals surface area contributed by atoms with Crippen LogP contribution in [0.15, 0.2) is 24.3 Å². The molecule has 0 aromatic heterocycles. The summed E-state index contributed by atoms with van der Waals surface area (Å²) in [6, 6.07) is 7.54. The first kappa shape index (κ1) is 14.2. The Morgan fingerprint density at radius 2 is 1.79 bits per heavy atom.